The molecular formula is C17H16N9O-. The molecule has 10 nitrogen and oxygen atoms in total. The molecule has 3 aromatic heterocycles. The topological polar surface area (TPSA) is 133 Å². The van der Waals surface area contributed by atoms with E-state index < -0.39 is 0 Å². The zero-order valence-corrected chi connectivity index (χ0v) is 14.8. The highest BCUT2D eigenvalue weighted by atomic mass is 16.3. The van der Waals surface area contributed by atoms with Crippen LogP contribution in [0.2, 0.25) is 0 Å². The lowest BCUT2D eigenvalue weighted by molar-refractivity contribution is -0.218. The van der Waals surface area contributed by atoms with Gasteiger partial charge in [-0.1, -0.05) is 12.1 Å². The minimum atomic E-state index is -0.210. The molecule has 0 aliphatic rings. The Bertz CT molecular complexity index is 1110. The van der Waals surface area contributed by atoms with Crippen molar-refractivity contribution in [3.05, 3.63) is 47.5 Å². The maximum Gasteiger partial charge on any atom is 0.252 e. The van der Waals surface area contributed by atoms with Gasteiger partial charge in [0.1, 0.15) is 6.33 Å². The quantitative estimate of drug-likeness (QED) is 0.412. The fourth-order valence-electron chi connectivity index (χ4n) is 2.95. The van der Waals surface area contributed by atoms with Crippen LogP contribution < -0.4 is 5.11 Å². The van der Waals surface area contributed by atoms with Crippen molar-refractivity contribution in [2.24, 2.45) is 4.99 Å². The van der Waals surface area contributed by atoms with Gasteiger partial charge >= 0.3 is 0 Å². The first-order chi connectivity index (χ1) is 13.1. The molecule has 4 rings (SSSR count). The molecule has 0 radical (unpaired) electrons. The number of hydrogen-bond donors (Lipinski definition) is 1. The molecule has 0 saturated carbocycles. The maximum absolute atomic E-state index is 12.3. The lowest BCUT2D eigenvalue weighted by Crippen LogP contribution is -2.18. The van der Waals surface area contributed by atoms with Crippen molar-refractivity contribution in [3.8, 4) is 11.4 Å². The average molecular weight is 362 g/mol. The molecule has 4 aromatic rings. The summed E-state index contributed by atoms with van der Waals surface area (Å²) in [6.45, 7) is 3.86. The zero-order valence-electron chi connectivity index (χ0n) is 14.8. The van der Waals surface area contributed by atoms with Crippen LogP contribution in [0, 0.1) is 13.8 Å². The number of nitrogens with zero attached hydrogens (tertiary/aromatic N) is 8. The Labute approximate surface area is 154 Å². The van der Waals surface area contributed by atoms with Gasteiger partial charge in [-0.2, -0.15) is 15.3 Å². The number of H-pyrrole nitrogens is 1. The molecule has 0 saturated heterocycles. The highest BCUT2D eigenvalue weighted by molar-refractivity contribution is 5.76. The summed E-state index contributed by atoms with van der Waals surface area (Å²) in [5, 5.41) is 30.3. The maximum atomic E-state index is 12.3. The third-order valence-corrected chi connectivity index (χ3v) is 4.28. The van der Waals surface area contributed by atoms with Crippen molar-refractivity contribution in [2.45, 2.75) is 26.7 Å². The van der Waals surface area contributed by atoms with Crippen LogP contribution in [0.3, 0.4) is 0 Å². The van der Waals surface area contributed by atoms with Crippen LogP contribution in [0.15, 0.2) is 35.6 Å². The minimum absolute atomic E-state index is 0.210. The Kier molecular flexibility index (Phi) is 4.29. The first-order valence-corrected chi connectivity index (χ1v) is 8.36. The molecule has 0 atom stereocenters. The molecular weight excluding hydrogens is 346 g/mol. The molecule has 0 aliphatic heterocycles. The molecule has 0 fully saturated rings. The molecule has 1 aromatic carbocycles. The molecule has 27 heavy (non-hydrogen) atoms. The number of nitrogens with one attached hydrogen (secondary N) is 1. The van der Waals surface area contributed by atoms with Crippen LogP contribution in [-0.2, 0) is 6.42 Å². The van der Waals surface area contributed by atoms with Crippen molar-refractivity contribution in [1.29, 1.82) is 0 Å². The summed E-state index contributed by atoms with van der Waals surface area (Å²) in [7, 11) is 0. The van der Waals surface area contributed by atoms with Gasteiger partial charge in [-0.25, -0.2) is 9.50 Å². The van der Waals surface area contributed by atoms with Crippen molar-refractivity contribution in [3.63, 3.8) is 0 Å². The number of aliphatic imine (C=N–C) groups is 1. The van der Waals surface area contributed by atoms with E-state index in [-0.39, 0.29) is 12.3 Å². The second-order valence-corrected chi connectivity index (χ2v) is 6.02. The van der Waals surface area contributed by atoms with E-state index in [0.717, 1.165) is 22.5 Å². The van der Waals surface area contributed by atoms with E-state index in [1.807, 2.05) is 19.9 Å². The van der Waals surface area contributed by atoms with E-state index in [1.165, 1.54) is 6.33 Å². The van der Waals surface area contributed by atoms with Gasteiger partial charge in [-0.3, -0.25) is 4.99 Å². The van der Waals surface area contributed by atoms with Crippen LogP contribution in [0.4, 0.5) is 5.69 Å². The zero-order chi connectivity index (χ0) is 18.8. The number of aromatic amines is 1. The fourth-order valence-corrected chi connectivity index (χ4v) is 2.95. The smallest absolute Gasteiger partial charge is 0.252 e. The van der Waals surface area contributed by atoms with Gasteiger partial charge in [0.05, 0.1) is 5.69 Å². The van der Waals surface area contributed by atoms with Gasteiger partial charge in [-0.05, 0) is 55.5 Å². The lowest BCUT2D eigenvalue weighted by Gasteiger charge is -2.14. The van der Waals surface area contributed by atoms with E-state index in [1.54, 1.807) is 22.7 Å². The Balaban J connectivity index is 1.53. The van der Waals surface area contributed by atoms with Gasteiger partial charge in [0, 0.05) is 17.0 Å². The third kappa shape index (κ3) is 3.36. The third-order valence-electron chi connectivity index (χ3n) is 4.28. The van der Waals surface area contributed by atoms with E-state index in [4.69, 9.17) is 0 Å². The van der Waals surface area contributed by atoms with Gasteiger partial charge in [-0.15, -0.1) is 10.2 Å². The Morgan fingerprint density at radius 1 is 1.30 bits per heavy atom. The molecule has 0 spiro atoms. The second kappa shape index (κ2) is 6.90. The van der Waals surface area contributed by atoms with E-state index in [9.17, 15) is 5.11 Å². The summed E-state index contributed by atoms with van der Waals surface area (Å²) < 4.78 is 1.68. The summed E-state index contributed by atoms with van der Waals surface area (Å²) in [4.78, 5) is 12.7. The molecule has 3 heterocycles. The van der Waals surface area contributed by atoms with Gasteiger partial charge in [0.25, 0.3) is 5.78 Å². The van der Waals surface area contributed by atoms with Crippen LogP contribution in [0.5, 0.6) is 0 Å². The first-order valence-electron chi connectivity index (χ1n) is 8.36. The summed E-state index contributed by atoms with van der Waals surface area (Å²) in [6.07, 6.45) is 2.28. The summed E-state index contributed by atoms with van der Waals surface area (Å²) in [6, 6.07) is 7.15. The van der Waals surface area contributed by atoms with Crippen molar-refractivity contribution >= 4 is 17.4 Å². The number of hydrogen-bond acceptors (Lipinski definition) is 8. The van der Waals surface area contributed by atoms with Crippen LogP contribution in [0.1, 0.15) is 23.4 Å². The SMILES string of the molecule is Cc1nc2ncnn2c(C)c1CCC([O-])=Nc1cccc(-c2nn[nH]n2)c1. The molecule has 136 valence electrons. The van der Waals surface area contributed by atoms with Crippen molar-refractivity contribution < 1.29 is 5.11 Å². The normalized spacial score (nSPS) is 12.0. The van der Waals surface area contributed by atoms with Crippen molar-refractivity contribution in [2.75, 3.05) is 0 Å². The number of benzene rings is 1. The summed E-state index contributed by atoms with van der Waals surface area (Å²) in [5.41, 5.74) is 4.06. The average Bonchev–Trinajstić information content (AvgIpc) is 3.33. The summed E-state index contributed by atoms with van der Waals surface area (Å²) >= 11 is 0. The number of aromatic nitrogens is 8. The Morgan fingerprint density at radius 2 is 2.19 bits per heavy atom. The monoisotopic (exact) mass is 362 g/mol. The first kappa shape index (κ1) is 16.8. The number of fused-ring (bicyclic) bond motifs is 1. The van der Waals surface area contributed by atoms with E-state index in [0.29, 0.717) is 23.7 Å². The fraction of sp³-hybridized carbons (Fsp3) is 0.235. The Morgan fingerprint density at radius 3 is 3.00 bits per heavy atom. The van der Waals surface area contributed by atoms with Crippen molar-refractivity contribution in [1.82, 2.24) is 40.2 Å². The van der Waals surface area contributed by atoms with Gasteiger partial charge < -0.3 is 5.11 Å². The van der Waals surface area contributed by atoms with Crippen LogP contribution in [-0.4, -0.2) is 46.1 Å². The highest BCUT2D eigenvalue weighted by Crippen LogP contribution is 2.21. The molecule has 0 aliphatic carbocycles. The predicted molar refractivity (Wildman–Crippen MR) is 95.3 cm³/mol. The number of rotatable bonds is 5. The van der Waals surface area contributed by atoms with E-state index in [2.05, 4.69) is 40.7 Å². The van der Waals surface area contributed by atoms with Gasteiger partial charge in [0.15, 0.2) is 0 Å². The summed E-state index contributed by atoms with van der Waals surface area (Å²) in [5.74, 6) is 0.804. The van der Waals surface area contributed by atoms with E-state index >= 15 is 0 Å². The minimum Gasteiger partial charge on any atom is -0.862 e. The molecule has 1 N–H and O–H groups in total. The van der Waals surface area contributed by atoms with Gasteiger partial charge in [0.2, 0.25) is 5.82 Å². The molecule has 0 unspecified atom stereocenters. The lowest BCUT2D eigenvalue weighted by atomic mass is 10.1. The van der Waals surface area contributed by atoms with Crippen LogP contribution >= 0.6 is 0 Å². The van der Waals surface area contributed by atoms with Crippen LogP contribution in [0.25, 0.3) is 17.2 Å². The largest absolute Gasteiger partial charge is 0.862 e. The number of tetrazole rings is 1. The molecule has 0 bridgehead atoms. The molecule has 0 amide bonds. The second-order valence-electron chi connectivity index (χ2n) is 6.02. The highest BCUT2D eigenvalue weighted by Gasteiger charge is 2.10. The standard InChI is InChI=1S/C17H17N9O/c1-10-14(11(2)26-17(20-10)18-9-19-26)6-7-15(27)21-13-5-3-4-12(8-13)16-22-24-25-23-16/h3-5,8-9H,6-7H2,1-2H3,(H,21,27)(H,22,23,24,25)/p-1. The predicted octanol–water partition coefficient (Wildman–Crippen LogP) is 0.944. The number of aryl methyl sites for hydroxylation is 2. The Hall–Kier alpha value is -3.69. The molecule has 10 heteroatoms.